The molecule has 0 saturated carbocycles. The second-order valence-electron chi connectivity index (χ2n) is 4.60. The fraction of sp³-hybridized carbons (Fsp3) is 0.429. The lowest BCUT2D eigenvalue weighted by Gasteiger charge is -2.25. The zero-order valence-corrected chi connectivity index (χ0v) is 12.5. The van der Waals surface area contributed by atoms with Gasteiger partial charge in [0.25, 0.3) is 0 Å². The Morgan fingerprint density at radius 3 is 2.47 bits per heavy atom. The van der Waals surface area contributed by atoms with Crippen molar-refractivity contribution in [3.63, 3.8) is 0 Å². The van der Waals surface area contributed by atoms with Gasteiger partial charge in [-0.25, -0.2) is 4.79 Å². The number of rotatable bonds is 5. The zero-order chi connectivity index (χ0) is 14.6. The molecule has 104 valence electrons. The Hall–Kier alpha value is -1.62. The van der Waals surface area contributed by atoms with Gasteiger partial charge in [-0.2, -0.15) is 0 Å². The van der Waals surface area contributed by atoms with Gasteiger partial charge in [-0.15, -0.1) is 11.3 Å². The molecule has 4 nitrogen and oxygen atoms in total. The van der Waals surface area contributed by atoms with Crippen molar-refractivity contribution in [1.29, 1.82) is 0 Å². The summed E-state index contributed by atoms with van der Waals surface area (Å²) in [6.45, 7) is 4.97. The second-order valence-corrected chi connectivity index (χ2v) is 5.64. The Kier molecular flexibility index (Phi) is 5.30. The molecule has 0 saturated heterocycles. The largest absolute Gasteiger partial charge is 0.478 e. The van der Waals surface area contributed by atoms with E-state index >= 15 is 0 Å². The second kappa shape index (κ2) is 6.52. The number of thiophene rings is 1. The number of nitrogens with zero attached hydrogens (tertiary/aromatic N) is 1. The highest BCUT2D eigenvalue weighted by Gasteiger charge is 2.20. The first-order chi connectivity index (χ1) is 8.84. The molecule has 1 atom stereocenters. The van der Waals surface area contributed by atoms with Crippen molar-refractivity contribution >= 4 is 23.2 Å². The maximum absolute atomic E-state index is 12.2. The predicted molar refractivity (Wildman–Crippen MR) is 76.3 cm³/mol. The molecule has 1 aromatic rings. The summed E-state index contributed by atoms with van der Waals surface area (Å²) in [7, 11) is 1.71. The summed E-state index contributed by atoms with van der Waals surface area (Å²) in [5.74, 6) is -1.28. The minimum atomic E-state index is -1.05. The first kappa shape index (κ1) is 15.4. The van der Waals surface area contributed by atoms with E-state index in [0.717, 1.165) is 6.42 Å². The van der Waals surface area contributed by atoms with E-state index in [-0.39, 0.29) is 23.1 Å². The molecule has 1 heterocycles. The predicted octanol–water partition coefficient (Wildman–Crippen LogP) is 2.56. The summed E-state index contributed by atoms with van der Waals surface area (Å²) in [4.78, 5) is 25.8. The van der Waals surface area contributed by atoms with Gasteiger partial charge in [-0.05, 0) is 32.2 Å². The Morgan fingerprint density at radius 1 is 1.37 bits per heavy atom. The van der Waals surface area contributed by atoms with Gasteiger partial charge < -0.3 is 10.0 Å². The van der Waals surface area contributed by atoms with Crippen molar-refractivity contribution in [3.05, 3.63) is 33.5 Å². The minimum absolute atomic E-state index is 0.0303. The maximum Gasteiger partial charge on any atom is 0.331 e. The molecule has 1 aromatic heterocycles. The molecule has 0 bridgehead atoms. The van der Waals surface area contributed by atoms with Crippen molar-refractivity contribution < 1.29 is 14.7 Å². The van der Waals surface area contributed by atoms with Gasteiger partial charge in [0.05, 0.1) is 0 Å². The Morgan fingerprint density at radius 2 is 2.00 bits per heavy atom. The SMILES string of the molecule is CC(C(=O)O)=C(C)C(=O)N(C)C(C)Cc1cccs1. The monoisotopic (exact) mass is 281 g/mol. The summed E-state index contributed by atoms with van der Waals surface area (Å²) < 4.78 is 0. The summed E-state index contributed by atoms with van der Waals surface area (Å²) in [5.41, 5.74) is 0.383. The van der Waals surface area contributed by atoms with Crippen LogP contribution in [0.1, 0.15) is 25.6 Å². The summed E-state index contributed by atoms with van der Waals surface area (Å²) >= 11 is 1.66. The number of carboxylic acids is 1. The van der Waals surface area contributed by atoms with E-state index in [1.54, 1.807) is 30.2 Å². The van der Waals surface area contributed by atoms with Crippen LogP contribution < -0.4 is 0 Å². The van der Waals surface area contributed by atoms with Crippen LogP contribution in [-0.2, 0) is 16.0 Å². The van der Waals surface area contributed by atoms with Crippen LogP contribution in [0.15, 0.2) is 28.7 Å². The quantitative estimate of drug-likeness (QED) is 0.844. The van der Waals surface area contributed by atoms with Crippen LogP contribution in [0.3, 0.4) is 0 Å². The van der Waals surface area contributed by atoms with Crippen LogP contribution in [0.5, 0.6) is 0 Å². The van der Waals surface area contributed by atoms with Gasteiger partial charge in [-0.3, -0.25) is 4.79 Å². The highest BCUT2D eigenvalue weighted by atomic mass is 32.1. The van der Waals surface area contributed by atoms with Crippen molar-refractivity contribution in [1.82, 2.24) is 4.90 Å². The number of amides is 1. The molecule has 0 spiro atoms. The van der Waals surface area contributed by atoms with Crippen LogP contribution in [0.2, 0.25) is 0 Å². The van der Waals surface area contributed by atoms with Gasteiger partial charge >= 0.3 is 5.97 Å². The third-order valence-corrected chi connectivity index (χ3v) is 4.16. The highest BCUT2D eigenvalue weighted by molar-refractivity contribution is 7.09. The zero-order valence-electron chi connectivity index (χ0n) is 11.6. The molecule has 0 aromatic carbocycles. The van der Waals surface area contributed by atoms with Crippen molar-refractivity contribution in [3.8, 4) is 0 Å². The molecule has 1 rings (SSSR count). The van der Waals surface area contributed by atoms with Gasteiger partial charge in [0.2, 0.25) is 5.91 Å². The molecule has 1 unspecified atom stereocenters. The van der Waals surface area contributed by atoms with E-state index in [4.69, 9.17) is 5.11 Å². The molecule has 5 heteroatoms. The Balaban J connectivity index is 2.77. The first-order valence-corrected chi connectivity index (χ1v) is 6.92. The van der Waals surface area contributed by atoms with Gasteiger partial charge in [0.1, 0.15) is 0 Å². The molecule has 1 amide bonds. The molecule has 0 fully saturated rings. The lowest BCUT2D eigenvalue weighted by molar-refractivity contribution is -0.134. The van der Waals surface area contributed by atoms with Crippen molar-refractivity contribution in [2.45, 2.75) is 33.2 Å². The molecule has 0 aliphatic carbocycles. The van der Waals surface area contributed by atoms with E-state index in [2.05, 4.69) is 0 Å². The standard InChI is InChI=1S/C14H19NO3S/c1-9(8-12-6-5-7-19-12)15(4)13(16)10(2)11(3)14(17)18/h5-7,9H,8H2,1-4H3,(H,17,18). The fourth-order valence-electron chi connectivity index (χ4n) is 1.64. The third kappa shape index (κ3) is 3.92. The number of carbonyl (C=O) groups excluding carboxylic acids is 1. The number of carbonyl (C=O) groups is 2. The van der Waals surface area contributed by atoms with E-state index in [1.165, 1.54) is 11.8 Å². The van der Waals surface area contributed by atoms with Gasteiger partial charge in [0.15, 0.2) is 0 Å². The molecular formula is C14H19NO3S. The topological polar surface area (TPSA) is 57.6 Å². The van der Waals surface area contributed by atoms with Crippen LogP contribution in [0.25, 0.3) is 0 Å². The number of carboxylic acid groups (broad SMARTS) is 1. The van der Waals surface area contributed by atoms with E-state index in [9.17, 15) is 9.59 Å². The number of likely N-dealkylation sites (N-methyl/N-ethyl adjacent to an activating group) is 1. The molecule has 1 N–H and O–H groups in total. The lowest BCUT2D eigenvalue weighted by atomic mass is 10.1. The number of hydrogen-bond donors (Lipinski definition) is 1. The molecule has 0 aliphatic heterocycles. The van der Waals surface area contributed by atoms with Crippen molar-refractivity contribution in [2.24, 2.45) is 0 Å². The molecule has 0 radical (unpaired) electrons. The normalized spacial score (nSPS) is 13.7. The average Bonchev–Trinajstić information content (AvgIpc) is 2.87. The van der Waals surface area contributed by atoms with Gasteiger partial charge in [0, 0.05) is 35.5 Å². The summed E-state index contributed by atoms with van der Waals surface area (Å²) in [5, 5.41) is 10.9. The highest BCUT2D eigenvalue weighted by Crippen LogP contribution is 2.15. The Bertz CT molecular complexity index is 491. The smallest absolute Gasteiger partial charge is 0.331 e. The van der Waals surface area contributed by atoms with Crippen molar-refractivity contribution in [2.75, 3.05) is 7.05 Å². The van der Waals surface area contributed by atoms with E-state index in [0.29, 0.717) is 0 Å². The molecule has 0 aliphatic rings. The first-order valence-electron chi connectivity index (χ1n) is 6.05. The molecule has 19 heavy (non-hydrogen) atoms. The Labute approximate surface area is 117 Å². The third-order valence-electron chi connectivity index (χ3n) is 3.26. The fourth-order valence-corrected chi connectivity index (χ4v) is 2.47. The van der Waals surface area contributed by atoms with Crippen LogP contribution in [-0.4, -0.2) is 35.0 Å². The maximum atomic E-state index is 12.2. The number of aliphatic carboxylic acids is 1. The molecular weight excluding hydrogens is 262 g/mol. The average molecular weight is 281 g/mol. The van der Waals surface area contributed by atoms with Gasteiger partial charge in [-0.1, -0.05) is 6.07 Å². The van der Waals surface area contributed by atoms with E-state index in [1.807, 2.05) is 24.4 Å². The van der Waals surface area contributed by atoms with Crippen LogP contribution in [0.4, 0.5) is 0 Å². The summed E-state index contributed by atoms with van der Waals surface area (Å²) in [6.07, 6.45) is 0.777. The summed E-state index contributed by atoms with van der Waals surface area (Å²) in [6, 6.07) is 4.04. The van der Waals surface area contributed by atoms with Crippen LogP contribution >= 0.6 is 11.3 Å². The number of hydrogen-bond acceptors (Lipinski definition) is 3. The van der Waals surface area contributed by atoms with E-state index < -0.39 is 5.97 Å². The van der Waals surface area contributed by atoms with Crippen LogP contribution in [0, 0.1) is 0 Å². The lowest BCUT2D eigenvalue weighted by Crippen LogP contribution is -2.37. The minimum Gasteiger partial charge on any atom is -0.478 e.